The summed E-state index contributed by atoms with van der Waals surface area (Å²) in [7, 11) is 0. The SMILES string of the molecule is CC(=O)Nc1ccc(-c2cc(C(F)(F)F)ccc2Nc2nccs2)cc1. The van der Waals surface area contributed by atoms with Gasteiger partial charge in [-0.05, 0) is 35.9 Å². The summed E-state index contributed by atoms with van der Waals surface area (Å²) in [5.41, 5.74) is 1.33. The van der Waals surface area contributed by atoms with Crippen LogP contribution in [0.1, 0.15) is 12.5 Å². The van der Waals surface area contributed by atoms with Crippen LogP contribution in [-0.4, -0.2) is 10.9 Å². The first-order valence-corrected chi connectivity index (χ1v) is 8.47. The molecule has 1 amide bonds. The van der Waals surface area contributed by atoms with Gasteiger partial charge in [-0.15, -0.1) is 11.3 Å². The van der Waals surface area contributed by atoms with Crippen molar-refractivity contribution < 1.29 is 18.0 Å². The molecule has 0 atom stereocenters. The topological polar surface area (TPSA) is 54.0 Å². The number of nitrogens with zero attached hydrogens (tertiary/aromatic N) is 1. The minimum absolute atomic E-state index is 0.219. The predicted octanol–water partition coefficient (Wildman–Crippen LogP) is 5.53. The molecule has 26 heavy (non-hydrogen) atoms. The van der Waals surface area contributed by atoms with Crippen LogP contribution in [0.3, 0.4) is 0 Å². The number of amides is 1. The van der Waals surface area contributed by atoms with Crippen LogP contribution in [0.5, 0.6) is 0 Å². The summed E-state index contributed by atoms with van der Waals surface area (Å²) in [5, 5.41) is 8.03. The quantitative estimate of drug-likeness (QED) is 0.628. The van der Waals surface area contributed by atoms with Gasteiger partial charge in [0.15, 0.2) is 5.13 Å². The Balaban J connectivity index is 2.02. The average molecular weight is 377 g/mol. The van der Waals surface area contributed by atoms with E-state index in [1.807, 2.05) is 0 Å². The number of aromatic nitrogens is 1. The third kappa shape index (κ3) is 4.20. The van der Waals surface area contributed by atoms with Crippen LogP contribution in [0.4, 0.5) is 29.7 Å². The van der Waals surface area contributed by atoms with Gasteiger partial charge in [0.1, 0.15) is 0 Å². The summed E-state index contributed by atoms with van der Waals surface area (Å²) in [6.07, 6.45) is -2.83. The highest BCUT2D eigenvalue weighted by Crippen LogP contribution is 2.37. The van der Waals surface area contributed by atoms with Gasteiger partial charge in [0.25, 0.3) is 0 Å². The number of halogens is 3. The molecule has 0 fully saturated rings. The first-order valence-electron chi connectivity index (χ1n) is 7.59. The van der Waals surface area contributed by atoms with Crippen LogP contribution >= 0.6 is 11.3 Å². The van der Waals surface area contributed by atoms with Crippen LogP contribution in [0.15, 0.2) is 54.0 Å². The van der Waals surface area contributed by atoms with Gasteiger partial charge in [0.2, 0.25) is 5.91 Å². The highest BCUT2D eigenvalue weighted by atomic mass is 32.1. The Morgan fingerprint density at radius 3 is 2.42 bits per heavy atom. The third-order valence-electron chi connectivity index (χ3n) is 3.54. The van der Waals surface area contributed by atoms with Gasteiger partial charge < -0.3 is 10.6 Å². The first-order chi connectivity index (χ1) is 12.3. The maximum atomic E-state index is 13.1. The van der Waals surface area contributed by atoms with Crippen LogP contribution in [0.2, 0.25) is 0 Å². The highest BCUT2D eigenvalue weighted by molar-refractivity contribution is 7.13. The number of benzene rings is 2. The molecular weight excluding hydrogens is 363 g/mol. The Labute approximate surface area is 151 Å². The normalized spacial score (nSPS) is 11.2. The maximum Gasteiger partial charge on any atom is 0.416 e. The summed E-state index contributed by atoms with van der Waals surface area (Å²) in [5.74, 6) is -0.219. The van der Waals surface area contributed by atoms with Crippen molar-refractivity contribution in [3.05, 3.63) is 59.6 Å². The second-order valence-electron chi connectivity index (χ2n) is 5.48. The lowest BCUT2D eigenvalue weighted by Crippen LogP contribution is -2.06. The Morgan fingerprint density at radius 2 is 1.85 bits per heavy atom. The lowest BCUT2D eigenvalue weighted by Gasteiger charge is -2.15. The summed E-state index contributed by atoms with van der Waals surface area (Å²) in [6.45, 7) is 1.39. The van der Waals surface area contributed by atoms with Gasteiger partial charge in [-0.3, -0.25) is 4.79 Å². The number of carbonyl (C=O) groups is 1. The van der Waals surface area contributed by atoms with Gasteiger partial charge in [-0.1, -0.05) is 12.1 Å². The van der Waals surface area contributed by atoms with Crippen LogP contribution < -0.4 is 10.6 Å². The van der Waals surface area contributed by atoms with Crippen LogP contribution in [0.25, 0.3) is 11.1 Å². The lowest BCUT2D eigenvalue weighted by molar-refractivity contribution is -0.137. The molecule has 3 rings (SSSR count). The number of carbonyl (C=O) groups excluding carboxylic acids is 1. The molecule has 1 heterocycles. The van der Waals surface area contributed by atoms with E-state index in [4.69, 9.17) is 0 Å². The minimum atomic E-state index is -4.44. The van der Waals surface area contributed by atoms with Crippen molar-refractivity contribution in [2.24, 2.45) is 0 Å². The van der Waals surface area contributed by atoms with Crippen molar-refractivity contribution >= 4 is 33.8 Å². The fourth-order valence-electron chi connectivity index (χ4n) is 2.41. The third-order valence-corrected chi connectivity index (χ3v) is 4.23. The van der Waals surface area contributed by atoms with Gasteiger partial charge in [-0.2, -0.15) is 13.2 Å². The zero-order valence-electron chi connectivity index (χ0n) is 13.6. The molecule has 2 N–H and O–H groups in total. The van der Waals surface area contributed by atoms with Gasteiger partial charge in [-0.25, -0.2) is 4.98 Å². The van der Waals surface area contributed by atoms with Crippen molar-refractivity contribution in [1.29, 1.82) is 0 Å². The number of thiazole rings is 1. The number of hydrogen-bond acceptors (Lipinski definition) is 4. The summed E-state index contributed by atoms with van der Waals surface area (Å²) < 4.78 is 39.4. The molecule has 0 saturated heterocycles. The molecule has 0 saturated carbocycles. The number of alkyl halides is 3. The second kappa shape index (κ2) is 7.17. The predicted molar refractivity (Wildman–Crippen MR) is 96.6 cm³/mol. The summed E-state index contributed by atoms with van der Waals surface area (Å²) >= 11 is 1.35. The fourth-order valence-corrected chi connectivity index (χ4v) is 2.95. The number of hydrogen-bond donors (Lipinski definition) is 2. The maximum absolute atomic E-state index is 13.1. The number of nitrogens with one attached hydrogen (secondary N) is 2. The van der Waals surface area contributed by atoms with E-state index < -0.39 is 11.7 Å². The zero-order chi connectivity index (χ0) is 18.7. The fraction of sp³-hybridized carbons (Fsp3) is 0.111. The molecule has 1 aromatic heterocycles. The summed E-state index contributed by atoms with van der Waals surface area (Å²) in [6, 6.07) is 10.1. The van der Waals surface area contributed by atoms with E-state index in [0.717, 1.165) is 12.1 Å². The zero-order valence-corrected chi connectivity index (χ0v) is 14.4. The smallest absolute Gasteiger partial charge is 0.331 e. The average Bonchev–Trinajstić information content (AvgIpc) is 3.07. The minimum Gasteiger partial charge on any atom is -0.331 e. The van der Waals surface area contributed by atoms with E-state index in [1.165, 1.54) is 24.3 Å². The van der Waals surface area contributed by atoms with Gasteiger partial charge in [0.05, 0.1) is 5.56 Å². The largest absolute Gasteiger partial charge is 0.416 e. The molecule has 0 radical (unpaired) electrons. The van der Waals surface area contributed by atoms with Crippen molar-refractivity contribution in [2.45, 2.75) is 13.1 Å². The summed E-state index contributed by atoms with van der Waals surface area (Å²) in [4.78, 5) is 15.2. The van der Waals surface area contributed by atoms with Crippen LogP contribution in [0, 0.1) is 0 Å². The second-order valence-corrected chi connectivity index (χ2v) is 6.37. The molecule has 0 aliphatic heterocycles. The lowest BCUT2D eigenvalue weighted by atomic mass is 10.00. The first kappa shape index (κ1) is 17.9. The van der Waals surface area contributed by atoms with Gasteiger partial charge >= 0.3 is 6.18 Å². The van der Waals surface area contributed by atoms with Crippen molar-refractivity contribution in [2.75, 3.05) is 10.6 Å². The molecular formula is C18H14F3N3OS. The highest BCUT2D eigenvalue weighted by Gasteiger charge is 2.31. The van der Waals surface area contributed by atoms with Crippen molar-refractivity contribution in [1.82, 2.24) is 4.98 Å². The molecule has 0 aliphatic carbocycles. The Bertz CT molecular complexity index is 906. The molecule has 2 aromatic carbocycles. The molecule has 3 aromatic rings. The molecule has 0 bridgehead atoms. The van der Waals surface area contributed by atoms with E-state index in [2.05, 4.69) is 15.6 Å². The Morgan fingerprint density at radius 1 is 1.12 bits per heavy atom. The van der Waals surface area contributed by atoms with Crippen LogP contribution in [-0.2, 0) is 11.0 Å². The van der Waals surface area contributed by atoms with Gasteiger partial charge in [0, 0.05) is 35.4 Å². The number of anilines is 3. The molecule has 0 unspecified atom stereocenters. The number of rotatable bonds is 4. The molecule has 8 heteroatoms. The molecule has 134 valence electrons. The standard InChI is InChI=1S/C18H14F3N3OS/c1-11(25)23-14-5-2-12(3-6-14)15-10-13(18(19,20)21)4-7-16(15)24-17-22-8-9-26-17/h2-10H,1H3,(H,22,24)(H,23,25). The molecule has 0 aliphatic rings. The molecule has 0 spiro atoms. The van der Waals surface area contributed by atoms with Crippen molar-refractivity contribution in [3.63, 3.8) is 0 Å². The Hall–Kier alpha value is -2.87. The van der Waals surface area contributed by atoms with E-state index in [9.17, 15) is 18.0 Å². The van der Waals surface area contributed by atoms with E-state index in [0.29, 0.717) is 27.6 Å². The van der Waals surface area contributed by atoms with Crippen molar-refractivity contribution in [3.8, 4) is 11.1 Å². The molecule has 4 nitrogen and oxygen atoms in total. The monoisotopic (exact) mass is 377 g/mol. The van der Waals surface area contributed by atoms with E-state index >= 15 is 0 Å². The van der Waals surface area contributed by atoms with E-state index in [-0.39, 0.29) is 5.91 Å². The Kier molecular flexibility index (Phi) is 4.94. The van der Waals surface area contributed by atoms with E-state index in [1.54, 1.807) is 35.8 Å².